The largest absolute Gasteiger partial charge is 0.388 e. The molecule has 0 aromatic carbocycles. The molecule has 0 saturated carbocycles. The lowest BCUT2D eigenvalue weighted by Gasteiger charge is -2.25. The lowest BCUT2D eigenvalue weighted by molar-refractivity contribution is -0.134. The molecule has 1 N–H and O–H groups in total. The molecular weight excluding hydrogens is 348 g/mol. The van der Waals surface area contributed by atoms with Crippen molar-refractivity contribution in [3.05, 3.63) is 0 Å². The fraction of sp³-hybridized carbons (Fsp3) is 1.00. The molecule has 0 spiro atoms. The molecule has 0 aromatic heterocycles. The Kier molecular flexibility index (Phi) is 17.8. The Bertz CT molecular complexity index is 261. The van der Waals surface area contributed by atoms with E-state index in [1.807, 2.05) is 0 Å². The molecule has 1 unspecified atom stereocenters. The van der Waals surface area contributed by atoms with E-state index in [-0.39, 0.29) is 44.7 Å². The van der Waals surface area contributed by atoms with Crippen molar-refractivity contribution >= 4 is 0 Å². The third kappa shape index (κ3) is 13.8. The standard InChI is InChI=1S/C17H36O9/c1-19-6-14(18)7-24-17(12-25-15(8-20-2)9-21-3)13-26-16(10-22-4)11-23-5/h14-18H,6-13H2,1-5H3. The van der Waals surface area contributed by atoms with Gasteiger partial charge in [-0.15, -0.1) is 0 Å². The topological polar surface area (TPSA) is 94.1 Å². The first-order valence-electron chi connectivity index (χ1n) is 8.58. The predicted molar refractivity (Wildman–Crippen MR) is 94.6 cm³/mol. The zero-order valence-electron chi connectivity index (χ0n) is 16.7. The first kappa shape index (κ1) is 25.6. The summed E-state index contributed by atoms with van der Waals surface area (Å²) in [5.74, 6) is 0. The third-order valence-electron chi connectivity index (χ3n) is 3.33. The fourth-order valence-corrected chi connectivity index (χ4v) is 2.15. The molecule has 0 saturated heterocycles. The lowest BCUT2D eigenvalue weighted by Crippen LogP contribution is -2.37. The van der Waals surface area contributed by atoms with Gasteiger partial charge in [-0.1, -0.05) is 0 Å². The third-order valence-corrected chi connectivity index (χ3v) is 3.33. The van der Waals surface area contributed by atoms with Crippen LogP contribution in [0.5, 0.6) is 0 Å². The van der Waals surface area contributed by atoms with Crippen molar-refractivity contribution in [3.8, 4) is 0 Å². The average molecular weight is 384 g/mol. The second-order valence-electron chi connectivity index (χ2n) is 5.80. The van der Waals surface area contributed by atoms with Gasteiger partial charge in [0, 0.05) is 35.5 Å². The van der Waals surface area contributed by atoms with Crippen LogP contribution in [0.1, 0.15) is 0 Å². The van der Waals surface area contributed by atoms with Crippen molar-refractivity contribution in [2.45, 2.75) is 24.4 Å². The van der Waals surface area contributed by atoms with Crippen LogP contribution in [0, 0.1) is 0 Å². The number of rotatable bonds is 19. The van der Waals surface area contributed by atoms with E-state index in [4.69, 9.17) is 37.9 Å². The molecule has 0 radical (unpaired) electrons. The van der Waals surface area contributed by atoms with Crippen LogP contribution in [0.3, 0.4) is 0 Å². The summed E-state index contributed by atoms with van der Waals surface area (Å²) >= 11 is 0. The molecule has 0 amide bonds. The average Bonchev–Trinajstić information content (AvgIpc) is 2.61. The van der Waals surface area contributed by atoms with Gasteiger partial charge in [-0.3, -0.25) is 0 Å². The van der Waals surface area contributed by atoms with E-state index in [0.29, 0.717) is 26.4 Å². The summed E-state index contributed by atoms with van der Waals surface area (Å²) < 4.78 is 42.7. The molecule has 9 nitrogen and oxygen atoms in total. The Hall–Kier alpha value is -0.360. The molecule has 158 valence electrons. The van der Waals surface area contributed by atoms with Gasteiger partial charge < -0.3 is 43.0 Å². The maximum atomic E-state index is 9.78. The highest BCUT2D eigenvalue weighted by atomic mass is 16.6. The summed E-state index contributed by atoms with van der Waals surface area (Å²) in [7, 11) is 7.93. The quantitative estimate of drug-likeness (QED) is 0.323. The van der Waals surface area contributed by atoms with E-state index >= 15 is 0 Å². The zero-order chi connectivity index (χ0) is 19.6. The number of aliphatic hydroxyl groups is 1. The Morgan fingerprint density at radius 1 is 0.462 bits per heavy atom. The van der Waals surface area contributed by atoms with Crippen LogP contribution in [0.25, 0.3) is 0 Å². The number of hydrogen-bond donors (Lipinski definition) is 1. The van der Waals surface area contributed by atoms with Crippen LogP contribution in [0.2, 0.25) is 0 Å². The van der Waals surface area contributed by atoms with Gasteiger partial charge in [0.25, 0.3) is 0 Å². The van der Waals surface area contributed by atoms with E-state index in [1.165, 1.54) is 7.11 Å². The molecule has 0 fully saturated rings. The summed E-state index contributed by atoms with van der Waals surface area (Å²) in [6.07, 6.45) is -1.53. The molecule has 0 bridgehead atoms. The van der Waals surface area contributed by atoms with E-state index in [0.717, 1.165) is 0 Å². The Balaban J connectivity index is 4.55. The molecule has 1 atom stereocenters. The van der Waals surface area contributed by atoms with Crippen molar-refractivity contribution in [1.82, 2.24) is 0 Å². The second kappa shape index (κ2) is 18.0. The molecule has 26 heavy (non-hydrogen) atoms. The van der Waals surface area contributed by atoms with Gasteiger partial charge in [0.2, 0.25) is 0 Å². The van der Waals surface area contributed by atoms with Crippen molar-refractivity contribution < 1.29 is 43.0 Å². The minimum atomic E-state index is -0.718. The van der Waals surface area contributed by atoms with Crippen molar-refractivity contribution in [2.75, 3.05) is 88.4 Å². The SMILES string of the molecule is COCC(O)COC(COC(COC)COC)COC(COC)COC. The number of methoxy groups -OCH3 is 5. The second-order valence-corrected chi connectivity index (χ2v) is 5.80. The summed E-state index contributed by atoms with van der Waals surface area (Å²) in [6.45, 7) is 2.47. The molecule has 0 heterocycles. The Morgan fingerprint density at radius 2 is 0.769 bits per heavy atom. The van der Waals surface area contributed by atoms with Crippen LogP contribution in [-0.2, 0) is 37.9 Å². The van der Waals surface area contributed by atoms with Crippen LogP contribution in [-0.4, -0.2) is 118 Å². The van der Waals surface area contributed by atoms with Crippen LogP contribution < -0.4 is 0 Å². The predicted octanol–water partition coefficient (Wildman–Crippen LogP) is -0.265. The molecule has 0 rings (SSSR count). The van der Waals surface area contributed by atoms with Crippen molar-refractivity contribution in [3.63, 3.8) is 0 Å². The van der Waals surface area contributed by atoms with Crippen molar-refractivity contribution in [2.24, 2.45) is 0 Å². The normalized spacial score (nSPS) is 13.3. The van der Waals surface area contributed by atoms with Gasteiger partial charge in [-0.25, -0.2) is 0 Å². The van der Waals surface area contributed by atoms with Crippen LogP contribution >= 0.6 is 0 Å². The fourth-order valence-electron chi connectivity index (χ4n) is 2.15. The molecule has 0 aliphatic rings. The highest BCUT2D eigenvalue weighted by Gasteiger charge is 2.19. The van der Waals surface area contributed by atoms with E-state index < -0.39 is 6.10 Å². The first-order valence-corrected chi connectivity index (χ1v) is 8.58. The maximum absolute atomic E-state index is 9.78. The molecular formula is C17H36O9. The molecule has 9 heteroatoms. The van der Waals surface area contributed by atoms with Gasteiger partial charge in [0.1, 0.15) is 24.4 Å². The summed E-state index contributed by atoms with van der Waals surface area (Å²) in [6, 6.07) is 0. The van der Waals surface area contributed by atoms with E-state index in [9.17, 15) is 5.11 Å². The van der Waals surface area contributed by atoms with Crippen molar-refractivity contribution in [1.29, 1.82) is 0 Å². The number of ether oxygens (including phenoxy) is 8. The highest BCUT2D eigenvalue weighted by Crippen LogP contribution is 2.05. The van der Waals surface area contributed by atoms with Crippen LogP contribution in [0.4, 0.5) is 0 Å². The van der Waals surface area contributed by atoms with E-state index in [2.05, 4.69) is 0 Å². The summed E-state index contributed by atoms with van der Waals surface area (Å²) in [4.78, 5) is 0. The lowest BCUT2D eigenvalue weighted by atomic mass is 10.3. The van der Waals surface area contributed by atoms with Gasteiger partial charge >= 0.3 is 0 Å². The summed E-state index contributed by atoms with van der Waals surface area (Å²) in [5, 5.41) is 9.78. The molecule has 0 aromatic rings. The minimum absolute atomic E-state index is 0.115. The van der Waals surface area contributed by atoms with Gasteiger partial charge in [-0.05, 0) is 0 Å². The Labute approximate surface area is 156 Å². The highest BCUT2D eigenvalue weighted by molar-refractivity contribution is 4.64. The van der Waals surface area contributed by atoms with Gasteiger partial charge in [-0.2, -0.15) is 0 Å². The monoisotopic (exact) mass is 384 g/mol. The van der Waals surface area contributed by atoms with Gasteiger partial charge in [0.05, 0.1) is 52.9 Å². The van der Waals surface area contributed by atoms with Crippen LogP contribution in [0.15, 0.2) is 0 Å². The number of hydrogen-bond acceptors (Lipinski definition) is 9. The molecule has 0 aliphatic carbocycles. The summed E-state index contributed by atoms with van der Waals surface area (Å²) in [5.41, 5.74) is 0. The maximum Gasteiger partial charge on any atom is 0.104 e. The molecule has 0 aliphatic heterocycles. The minimum Gasteiger partial charge on any atom is -0.388 e. The van der Waals surface area contributed by atoms with E-state index in [1.54, 1.807) is 28.4 Å². The number of aliphatic hydroxyl groups excluding tert-OH is 1. The zero-order valence-corrected chi connectivity index (χ0v) is 16.7. The van der Waals surface area contributed by atoms with Gasteiger partial charge in [0.15, 0.2) is 0 Å². The Morgan fingerprint density at radius 3 is 1.12 bits per heavy atom. The first-order chi connectivity index (χ1) is 12.6. The smallest absolute Gasteiger partial charge is 0.104 e.